The lowest BCUT2D eigenvalue weighted by Crippen LogP contribution is -2.51. The molecule has 0 spiro atoms. The molecule has 0 radical (unpaired) electrons. The van der Waals surface area contributed by atoms with Gasteiger partial charge in [-0.3, -0.25) is 14.2 Å². The highest BCUT2D eigenvalue weighted by Crippen LogP contribution is 2.67. The van der Waals surface area contributed by atoms with E-state index in [1.807, 2.05) is 0 Å². The largest absolute Gasteiger partial charge is 0.462 e. The number of carbonyl (C=O) groups is 2. The Labute approximate surface area is 349 Å². The third-order valence-corrected chi connectivity index (χ3v) is 16.0. The number of unbranched alkanes of at least 4 members (excludes halogenated alkanes) is 14. The van der Waals surface area contributed by atoms with Crippen LogP contribution in [-0.4, -0.2) is 42.7 Å². The van der Waals surface area contributed by atoms with Crippen molar-refractivity contribution >= 4 is 19.5 Å². The van der Waals surface area contributed by atoms with E-state index in [-0.39, 0.29) is 23.4 Å². The van der Waals surface area contributed by atoms with Crippen LogP contribution in [0.4, 0.5) is 0 Å². The van der Waals surface area contributed by atoms with Gasteiger partial charge >= 0.3 is 13.6 Å². The number of amides is 1. The molecule has 9 atom stereocenters. The summed E-state index contributed by atoms with van der Waals surface area (Å²) in [7, 11) is -3.38. The van der Waals surface area contributed by atoms with Gasteiger partial charge in [0.1, 0.15) is 6.10 Å². The van der Waals surface area contributed by atoms with Gasteiger partial charge in [0.15, 0.2) is 0 Å². The van der Waals surface area contributed by atoms with Crippen molar-refractivity contribution < 1.29 is 28.3 Å². The lowest BCUT2D eigenvalue weighted by atomic mass is 9.47. The second-order valence-electron chi connectivity index (χ2n) is 19.6. The average molecular weight is 816 g/mol. The normalized spacial score (nSPS) is 29.9. The smallest absolute Gasteiger partial charge is 0.325 e. The van der Waals surface area contributed by atoms with Crippen LogP contribution in [-0.2, 0) is 23.4 Å². The molecule has 4 rings (SSSR count). The fraction of sp³-hybridized carbons (Fsp3) is 0.878. The van der Waals surface area contributed by atoms with E-state index in [2.05, 4.69) is 51.2 Å². The number of nitrogens with one attached hydrogen (secondary N) is 1. The first-order valence-electron chi connectivity index (χ1n) is 24.1. The van der Waals surface area contributed by atoms with Gasteiger partial charge in [-0.15, -0.1) is 0 Å². The van der Waals surface area contributed by atoms with Crippen LogP contribution in [0.1, 0.15) is 207 Å². The lowest BCUT2D eigenvalue weighted by Gasteiger charge is -2.58. The van der Waals surface area contributed by atoms with E-state index in [1.165, 1.54) is 109 Å². The molecule has 0 aromatic rings. The number of esters is 1. The second kappa shape index (κ2) is 24.7. The zero-order valence-electron chi connectivity index (χ0n) is 37.3. The minimum Gasteiger partial charge on any atom is -0.462 e. The minimum atomic E-state index is -3.38. The third kappa shape index (κ3) is 15.5. The summed E-state index contributed by atoms with van der Waals surface area (Å²) in [5.41, 5.74) is 2.18. The van der Waals surface area contributed by atoms with Gasteiger partial charge in [0.25, 0.3) is 0 Å². The van der Waals surface area contributed by atoms with Gasteiger partial charge in [0.2, 0.25) is 5.91 Å². The number of hydrogen-bond acceptors (Lipinski definition) is 5. The predicted octanol–water partition coefficient (Wildman–Crippen LogP) is 13.4. The maximum Gasteiger partial charge on any atom is 0.325 e. The number of allylic oxidation sites excluding steroid dienone is 3. The highest BCUT2D eigenvalue weighted by molar-refractivity contribution is 7.51. The molecule has 57 heavy (non-hydrogen) atoms. The van der Waals surface area contributed by atoms with Crippen LogP contribution in [0.3, 0.4) is 0 Å². The highest BCUT2D eigenvalue weighted by Gasteiger charge is 2.59. The average Bonchev–Trinajstić information content (AvgIpc) is 3.53. The van der Waals surface area contributed by atoms with Crippen molar-refractivity contribution in [3.63, 3.8) is 0 Å². The van der Waals surface area contributed by atoms with Gasteiger partial charge in [-0.05, 0) is 137 Å². The Morgan fingerprint density at radius 3 is 2.25 bits per heavy atom. The minimum absolute atomic E-state index is 0.0150. The molecule has 1 unspecified atom stereocenters. The molecule has 0 saturated heterocycles. The number of ether oxygens (including phenoxy) is 1. The van der Waals surface area contributed by atoms with Crippen LogP contribution in [0.15, 0.2) is 23.8 Å². The van der Waals surface area contributed by atoms with Gasteiger partial charge in [-0.2, -0.15) is 0 Å². The summed E-state index contributed by atoms with van der Waals surface area (Å²) in [5.74, 6) is 3.67. The van der Waals surface area contributed by atoms with Crippen LogP contribution in [0.25, 0.3) is 0 Å². The van der Waals surface area contributed by atoms with E-state index in [1.54, 1.807) is 5.57 Å². The van der Waals surface area contributed by atoms with Crippen LogP contribution < -0.4 is 5.32 Å². The zero-order valence-corrected chi connectivity index (χ0v) is 38.2. The van der Waals surface area contributed by atoms with E-state index in [0.717, 1.165) is 82.0 Å². The Bertz CT molecular complexity index is 1310. The quantitative estimate of drug-likeness (QED) is 0.0353. The molecule has 7 nitrogen and oxygen atoms in total. The van der Waals surface area contributed by atoms with E-state index >= 15 is 0 Å². The van der Waals surface area contributed by atoms with E-state index in [9.17, 15) is 19.0 Å². The Hall–Kier alpha value is -1.43. The Balaban J connectivity index is 1.09. The monoisotopic (exact) mass is 816 g/mol. The molecule has 0 aromatic heterocycles. The molecule has 4 aliphatic carbocycles. The van der Waals surface area contributed by atoms with Crippen molar-refractivity contribution in [1.82, 2.24) is 5.32 Å². The SMILES string of the molecule is CCCCCCCC/C=C\CCCCCCCC(=O)O[C@H]1CC[C@@]2(C)C(=CC[C@H]3[C@@H]4CC[C@H]([C@H](C)CCC(=O)NCCCCCCOP(C)(=O)O)[C@@]4(C)CC[C@@H]32)C1. The molecule has 3 saturated carbocycles. The lowest BCUT2D eigenvalue weighted by molar-refractivity contribution is -0.151. The molecule has 0 aliphatic heterocycles. The molecular formula is C49H86NO6P. The molecule has 0 aromatic carbocycles. The van der Waals surface area contributed by atoms with Crippen LogP contribution in [0.5, 0.6) is 0 Å². The van der Waals surface area contributed by atoms with Crippen molar-refractivity contribution in [3.05, 3.63) is 23.8 Å². The van der Waals surface area contributed by atoms with Crippen LogP contribution in [0, 0.1) is 40.4 Å². The van der Waals surface area contributed by atoms with Gasteiger partial charge < -0.3 is 19.5 Å². The summed E-state index contributed by atoms with van der Waals surface area (Å²) in [6, 6.07) is 0. The Morgan fingerprint density at radius 2 is 1.53 bits per heavy atom. The van der Waals surface area contributed by atoms with Gasteiger partial charge in [0, 0.05) is 32.5 Å². The second-order valence-corrected chi connectivity index (χ2v) is 21.5. The topological polar surface area (TPSA) is 102 Å². The Kier molecular flexibility index (Phi) is 20.9. The summed E-state index contributed by atoms with van der Waals surface area (Å²) in [6.45, 7) is 12.1. The first-order valence-corrected chi connectivity index (χ1v) is 26.2. The fourth-order valence-corrected chi connectivity index (χ4v) is 12.4. The fourth-order valence-electron chi connectivity index (χ4n) is 12.0. The molecule has 328 valence electrons. The first kappa shape index (κ1) is 48.2. The molecule has 0 bridgehead atoms. The summed E-state index contributed by atoms with van der Waals surface area (Å²) in [6.07, 6.45) is 39.1. The maximum atomic E-state index is 12.9. The summed E-state index contributed by atoms with van der Waals surface area (Å²) >= 11 is 0. The number of hydrogen-bond donors (Lipinski definition) is 2. The van der Waals surface area contributed by atoms with Crippen molar-refractivity contribution in [2.75, 3.05) is 19.8 Å². The molecule has 2 N–H and O–H groups in total. The van der Waals surface area contributed by atoms with Gasteiger partial charge in [0.05, 0.1) is 6.61 Å². The van der Waals surface area contributed by atoms with Crippen molar-refractivity contribution in [2.45, 2.75) is 214 Å². The summed E-state index contributed by atoms with van der Waals surface area (Å²) < 4.78 is 22.3. The van der Waals surface area contributed by atoms with Crippen LogP contribution >= 0.6 is 7.60 Å². The summed E-state index contributed by atoms with van der Waals surface area (Å²) in [5, 5.41) is 3.13. The van der Waals surface area contributed by atoms with Gasteiger partial charge in [-0.25, -0.2) is 0 Å². The van der Waals surface area contributed by atoms with E-state index < -0.39 is 7.60 Å². The third-order valence-electron chi connectivity index (χ3n) is 15.3. The Morgan fingerprint density at radius 1 is 0.860 bits per heavy atom. The standard InChI is InChI=1S/C49H86NO6P/c1-6-7-8-9-10-11-12-13-14-15-16-17-18-19-22-25-47(52)56-41-32-34-48(3)40(38-41)27-28-42-44-30-29-43(49(44,4)35-33-45(42)48)39(2)26-31-46(51)50-36-23-20-21-24-37-55-57(5,53)54/h13-14,27,39,41-45H,6-12,15-26,28-38H2,1-5H3,(H,50,51)(H,53,54)/b14-13-/t39-,41+,42+,43-,44+,45+,48+,49-/m1/s1. The van der Waals surface area contributed by atoms with Gasteiger partial charge in [-0.1, -0.05) is 116 Å². The maximum absolute atomic E-state index is 12.9. The number of fused-ring (bicyclic) bond motifs is 5. The first-order chi connectivity index (χ1) is 27.4. The molecule has 4 aliphatic rings. The van der Waals surface area contributed by atoms with Crippen molar-refractivity contribution in [2.24, 2.45) is 40.4 Å². The molecule has 3 fully saturated rings. The van der Waals surface area contributed by atoms with E-state index in [4.69, 9.17) is 9.26 Å². The van der Waals surface area contributed by atoms with Crippen molar-refractivity contribution in [3.8, 4) is 0 Å². The molecule has 8 heteroatoms. The molecular weight excluding hydrogens is 730 g/mol. The summed E-state index contributed by atoms with van der Waals surface area (Å²) in [4.78, 5) is 34.8. The van der Waals surface area contributed by atoms with Crippen molar-refractivity contribution in [1.29, 1.82) is 0 Å². The zero-order chi connectivity index (χ0) is 41.2. The highest BCUT2D eigenvalue weighted by atomic mass is 31.2. The van der Waals surface area contributed by atoms with Crippen LogP contribution in [0.2, 0.25) is 0 Å². The number of carbonyl (C=O) groups excluding carboxylic acids is 2. The molecule has 0 heterocycles. The molecule has 1 amide bonds. The number of rotatable bonds is 28. The predicted molar refractivity (Wildman–Crippen MR) is 236 cm³/mol. The van der Waals surface area contributed by atoms with E-state index in [0.29, 0.717) is 43.2 Å².